The second-order valence-electron chi connectivity index (χ2n) is 6.14. The summed E-state index contributed by atoms with van der Waals surface area (Å²) in [4.78, 5) is 11.9. The van der Waals surface area contributed by atoms with Crippen LogP contribution in [0.25, 0.3) is 0 Å². The van der Waals surface area contributed by atoms with Gasteiger partial charge in [0.2, 0.25) is 5.91 Å². The van der Waals surface area contributed by atoms with Crippen LogP contribution in [0.4, 0.5) is 0 Å². The highest BCUT2D eigenvalue weighted by Crippen LogP contribution is 2.50. The second-order valence-corrected chi connectivity index (χ2v) is 6.14. The fourth-order valence-electron chi connectivity index (χ4n) is 3.52. The van der Waals surface area contributed by atoms with Crippen LogP contribution in [0.15, 0.2) is 0 Å². The van der Waals surface area contributed by atoms with Gasteiger partial charge in [0.25, 0.3) is 0 Å². The van der Waals surface area contributed by atoms with E-state index in [1.165, 1.54) is 38.5 Å². The van der Waals surface area contributed by atoms with Crippen LogP contribution in [0.3, 0.4) is 0 Å². The van der Waals surface area contributed by atoms with E-state index < -0.39 is 0 Å². The van der Waals surface area contributed by atoms with Crippen molar-refractivity contribution in [2.45, 2.75) is 71.3 Å². The summed E-state index contributed by atoms with van der Waals surface area (Å²) in [7, 11) is 0. The molecule has 0 saturated heterocycles. The van der Waals surface area contributed by atoms with E-state index in [1.807, 2.05) is 13.8 Å². The molecule has 0 aromatic carbocycles. The molecule has 2 aliphatic rings. The van der Waals surface area contributed by atoms with Crippen molar-refractivity contribution in [3.63, 3.8) is 0 Å². The molecule has 0 unspecified atom stereocenters. The Morgan fingerprint density at radius 3 is 2.19 bits per heavy atom. The number of hydrogen-bond donors (Lipinski definition) is 1. The molecule has 0 atom stereocenters. The molecule has 2 saturated carbocycles. The SMILES string of the molecule is CC(C)NC(=O)C1CCC2(CCCC2)CC1. The van der Waals surface area contributed by atoms with Gasteiger partial charge in [-0.1, -0.05) is 12.8 Å². The summed E-state index contributed by atoms with van der Waals surface area (Å²) in [6, 6.07) is 0.287. The summed E-state index contributed by atoms with van der Waals surface area (Å²) in [5.41, 5.74) is 0.647. The van der Waals surface area contributed by atoms with Crippen LogP contribution < -0.4 is 5.32 Å². The highest BCUT2D eigenvalue weighted by molar-refractivity contribution is 5.78. The standard InChI is InChI=1S/C14H25NO/c1-11(2)15-13(16)12-5-9-14(10-6-12)7-3-4-8-14/h11-12H,3-10H2,1-2H3,(H,15,16). The van der Waals surface area contributed by atoms with Crippen LogP contribution in [0.1, 0.15) is 65.2 Å². The van der Waals surface area contributed by atoms with Gasteiger partial charge < -0.3 is 5.32 Å². The van der Waals surface area contributed by atoms with Crippen molar-refractivity contribution in [3.05, 3.63) is 0 Å². The van der Waals surface area contributed by atoms with Gasteiger partial charge in [-0.05, 0) is 57.8 Å². The van der Waals surface area contributed by atoms with E-state index >= 15 is 0 Å². The fraction of sp³-hybridized carbons (Fsp3) is 0.929. The van der Waals surface area contributed by atoms with E-state index in [4.69, 9.17) is 0 Å². The first-order valence-electron chi connectivity index (χ1n) is 6.92. The maximum absolute atomic E-state index is 11.9. The van der Waals surface area contributed by atoms with Gasteiger partial charge in [0, 0.05) is 12.0 Å². The molecule has 0 aromatic heterocycles. The Labute approximate surface area is 99.2 Å². The highest BCUT2D eigenvalue weighted by Gasteiger charge is 2.39. The molecule has 2 fully saturated rings. The Morgan fingerprint density at radius 2 is 1.69 bits per heavy atom. The second kappa shape index (κ2) is 4.77. The molecule has 0 radical (unpaired) electrons. The largest absolute Gasteiger partial charge is 0.354 e. The van der Waals surface area contributed by atoms with Crippen LogP contribution in [-0.2, 0) is 4.79 Å². The van der Waals surface area contributed by atoms with Gasteiger partial charge in [-0.25, -0.2) is 0 Å². The van der Waals surface area contributed by atoms with Crippen molar-refractivity contribution in [2.75, 3.05) is 0 Å². The van der Waals surface area contributed by atoms with Crippen molar-refractivity contribution in [2.24, 2.45) is 11.3 Å². The summed E-state index contributed by atoms with van der Waals surface area (Å²) >= 11 is 0. The lowest BCUT2D eigenvalue weighted by atomic mass is 9.69. The molecule has 0 aliphatic heterocycles. The van der Waals surface area contributed by atoms with Gasteiger partial charge in [-0.15, -0.1) is 0 Å². The smallest absolute Gasteiger partial charge is 0.223 e. The summed E-state index contributed by atoms with van der Waals surface area (Å²) in [5.74, 6) is 0.594. The molecule has 0 bridgehead atoms. The summed E-state index contributed by atoms with van der Waals surface area (Å²) in [6.07, 6.45) is 10.5. The highest BCUT2D eigenvalue weighted by atomic mass is 16.1. The van der Waals surface area contributed by atoms with Gasteiger partial charge >= 0.3 is 0 Å². The lowest BCUT2D eigenvalue weighted by Gasteiger charge is -2.36. The quantitative estimate of drug-likeness (QED) is 0.765. The summed E-state index contributed by atoms with van der Waals surface area (Å²) < 4.78 is 0. The number of nitrogens with one attached hydrogen (secondary N) is 1. The fourth-order valence-corrected chi connectivity index (χ4v) is 3.52. The maximum atomic E-state index is 11.9. The van der Waals surface area contributed by atoms with E-state index in [-0.39, 0.29) is 6.04 Å². The zero-order valence-electron chi connectivity index (χ0n) is 10.7. The van der Waals surface area contributed by atoms with Gasteiger partial charge in [0.15, 0.2) is 0 Å². The molecule has 16 heavy (non-hydrogen) atoms. The number of rotatable bonds is 2. The molecule has 1 spiro atoms. The van der Waals surface area contributed by atoms with Crippen LogP contribution in [0, 0.1) is 11.3 Å². The van der Waals surface area contributed by atoms with E-state index in [0.717, 1.165) is 12.8 Å². The Hall–Kier alpha value is -0.530. The van der Waals surface area contributed by atoms with Crippen molar-refractivity contribution >= 4 is 5.91 Å². The monoisotopic (exact) mass is 223 g/mol. The Balaban J connectivity index is 1.82. The summed E-state index contributed by atoms with van der Waals surface area (Å²) in [6.45, 7) is 4.08. The number of amides is 1. The molecule has 1 amide bonds. The van der Waals surface area contributed by atoms with Crippen LogP contribution in [-0.4, -0.2) is 11.9 Å². The third kappa shape index (κ3) is 2.58. The van der Waals surface area contributed by atoms with Crippen LogP contribution >= 0.6 is 0 Å². The maximum Gasteiger partial charge on any atom is 0.223 e. The van der Waals surface area contributed by atoms with E-state index in [0.29, 0.717) is 17.2 Å². The van der Waals surface area contributed by atoms with Gasteiger partial charge in [-0.3, -0.25) is 4.79 Å². The topological polar surface area (TPSA) is 29.1 Å². The van der Waals surface area contributed by atoms with Crippen molar-refractivity contribution in [3.8, 4) is 0 Å². The molecule has 2 heteroatoms. The van der Waals surface area contributed by atoms with Crippen LogP contribution in [0.5, 0.6) is 0 Å². The first-order valence-corrected chi connectivity index (χ1v) is 6.92. The third-order valence-electron chi connectivity index (χ3n) is 4.51. The van der Waals surface area contributed by atoms with Gasteiger partial charge in [0.1, 0.15) is 0 Å². The van der Waals surface area contributed by atoms with Crippen molar-refractivity contribution < 1.29 is 4.79 Å². The number of carbonyl (C=O) groups excluding carboxylic acids is 1. The lowest BCUT2D eigenvalue weighted by Crippen LogP contribution is -2.38. The normalized spacial score (nSPS) is 25.2. The minimum absolute atomic E-state index is 0.287. The number of carbonyl (C=O) groups is 1. The summed E-state index contributed by atoms with van der Waals surface area (Å²) in [5, 5.41) is 3.05. The molecular weight excluding hydrogens is 198 g/mol. The molecule has 0 aromatic rings. The van der Waals surface area contributed by atoms with E-state index in [2.05, 4.69) is 5.32 Å². The predicted octanol–water partition coefficient (Wildman–Crippen LogP) is 3.26. The Kier molecular flexibility index (Phi) is 3.56. The predicted molar refractivity (Wildman–Crippen MR) is 66.1 cm³/mol. The van der Waals surface area contributed by atoms with Gasteiger partial charge in [0.05, 0.1) is 0 Å². The lowest BCUT2D eigenvalue weighted by molar-refractivity contribution is -0.127. The minimum Gasteiger partial charge on any atom is -0.354 e. The zero-order valence-corrected chi connectivity index (χ0v) is 10.7. The Bertz CT molecular complexity index is 243. The molecule has 2 aliphatic carbocycles. The first kappa shape index (κ1) is 11.9. The molecule has 1 N–H and O–H groups in total. The number of hydrogen-bond acceptors (Lipinski definition) is 1. The molecule has 2 rings (SSSR count). The molecule has 92 valence electrons. The third-order valence-corrected chi connectivity index (χ3v) is 4.51. The first-order chi connectivity index (χ1) is 7.61. The zero-order chi connectivity index (χ0) is 11.6. The molecule has 2 nitrogen and oxygen atoms in total. The van der Waals surface area contributed by atoms with Gasteiger partial charge in [-0.2, -0.15) is 0 Å². The van der Waals surface area contributed by atoms with Crippen molar-refractivity contribution in [1.29, 1.82) is 0 Å². The Morgan fingerprint density at radius 1 is 1.12 bits per heavy atom. The molecular formula is C14H25NO. The van der Waals surface area contributed by atoms with Crippen molar-refractivity contribution in [1.82, 2.24) is 5.32 Å². The van der Waals surface area contributed by atoms with Crippen LogP contribution in [0.2, 0.25) is 0 Å². The average Bonchev–Trinajstić information content (AvgIpc) is 2.66. The molecule has 0 heterocycles. The average molecular weight is 223 g/mol. The van der Waals surface area contributed by atoms with E-state index in [1.54, 1.807) is 0 Å². The van der Waals surface area contributed by atoms with E-state index in [9.17, 15) is 4.79 Å². The minimum atomic E-state index is 0.287.